The van der Waals surface area contributed by atoms with Crippen molar-refractivity contribution in [1.29, 1.82) is 0 Å². The Labute approximate surface area is 162 Å². The Morgan fingerprint density at radius 3 is 2.57 bits per heavy atom. The number of ether oxygens (including phenoxy) is 2. The topological polar surface area (TPSA) is 79.9 Å². The maximum Gasteiger partial charge on any atom is 0.276 e. The molecule has 28 heavy (non-hydrogen) atoms. The predicted molar refractivity (Wildman–Crippen MR) is 104 cm³/mol. The number of rotatable bonds is 2. The summed E-state index contributed by atoms with van der Waals surface area (Å²) < 4.78 is 11.4. The molecule has 0 aromatic heterocycles. The van der Waals surface area contributed by atoms with Crippen LogP contribution in [0.2, 0.25) is 0 Å². The molecule has 3 aliphatic heterocycles. The highest BCUT2D eigenvalue weighted by atomic mass is 16.6. The van der Waals surface area contributed by atoms with Gasteiger partial charge in [0, 0.05) is 23.4 Å². The Balaban J connectivity index is 1.76. The van der Waals surface area contributed by atoms with Crippen LogP contribution in [-0.4, -0.2) is 36.0 Å². The Morgan fingerprint density at radius 1 is 1.11 bits per heavy atom. The van der Waals surface area contributed by atoms with Gasteiger partial charge in [0.1, 0.15) is 13.2 Å². The first kappa shape index (κ1) is 16.9. The maximum absolute atomic E-state index is 13.5. The van der Waals surface area contributed by atoms with Crippen LogP contribution in [0.4, 0.5) is 11.4 Å². The third kappa shape index (κ3) is 2.10. The molecule has 0 fully saturated rings. The molecule has 3 aliphatic rings. The van der Waals surface area contributed by atoms with Crippen molar-refractivity contribution >= 4 is 23.2 Å². The number of fused-ring (bicyclic) bond motifs is 4. The van der Waals surface area contributed by atoms with Gasteiger partial charge < -0.3 is 25.0 Å². The van der Waals surface area contributed by atoms with Crippen molar-refractivity contribution in [2.75, 3.05) is 23.8 Å². The monoisotopic (exact) mass is 379 g/mol. The van der Waals surface area contributed by atoms with Gasteiger partial charge in [-0.05, 0) is 31.5 Å². The average Bonchev–Trinajstić information content (AvgIpc) is 2.97. The van der Waals surface area contributed by atoms with Crippen molar-refractivity contribution in [2.45, 2.75) is 32.0 Å². The van der Waals surface area contributed by atoms with Crippen molar-refractivity contribution in [2.24, 2.45) is 0 Å². The van der Waals surface area contributed by atoms with Crippen LogP contribution in [0.15, 0.2) is 36.4 Å². The third-order valence-electron chi connectivity index (χ3n) is 5.73. The van der Waals surface area contributed by atoms with E-state index in [0.29, 0.717) is 53.6 Å². The minimum Gasteiger partial charge on any atom is -0.486 e. The van der Waals surface area contributed by atoms with Gasteiger partial charge in [-0.3, -0.25) is 9.59 Å². The summed E-state index contributed by atoms with van der Waals surface area (Å²) in [6.07, 6.45) is 0.713. The summed E-state index contributed by atoms with van der Waals surface area (Å²) >= 11 is 0. The number of nitrogens with zero attached hydrogens (tertiary/aromatic N) is 1. The average molecular weight is 379 g/mol. The zero-order valence-corrected chi connectivity index (χ0v) is 15.7. The molecule has 3 heterocycles. The molecule has 0 aliphatic carbocycles. The Morgan fingerprint density at radius 2 is 1.82 bits per heavy atom. The fraction of sp³-hybridized carbons (Fsp3) is 0.333. The number of hydrogen-bond acceptors (Lipinski definition) is 5. The number of amides is 2. The van der Waals surface area contributed by atoms with Crippen LogP contribution in [0.25, 0.3) is 0 Å². The van der Waals surface area contributed by atoms with Crippen LogP contribution in [0.3, 0.4) is 0 Å². The zero-order valence-electron chi connectivity index (χ0n) is 15.7. The van der Waals surface area contributed by atoms with Crippen LogP contribution in [0, 0.1) is 0 Å². The molecule has 144 valence electrons. The number of hydrogen-bond donors (Lipinski definition) is 2. The summed E-state index contributed by atoms with van der Waals surface area (Å²) in [4.78, 5) is 28.5. The van der Waals surface area contributed by atoms with E-state index >= 15 is 0 Å². The lowest BCUT2D eigenvalue weighted by Gasteiger charge is -2.47. The summed E-state index contributed by atoms with van der Waals surface area (Å²) in [6, 6.07) is 10.7. The number of para-hydroxylation sites is 1. The quantitative estimate of drug-likeness (QED) is 0.839. The zero-order chi connectivity index (χ0) is 19.5. The van der Waals surface area contributed by atoms with Gasteiger partial charge >= 0.3 is 0 Å². The molecular weight excluding hydrogens is 358 g/mol. The second-order valence-electron chi connectivity index (χ2n) is 7.31. The first-order valence-corrected chi connectivity index (χ1v) is 9.52. The minimum atomic E-state index is -1.33. The normalized spacial score (nSPS) is 23.0. The van der Waals surface area contributed by atoms with Gasteiger partial charge in [-0.1, -0.05) is 19.1 Å². The standard InChI is InChI=1S/C21H21N3O4/c1-3-12(2)24-19(25)13-6-4-5-7-15(13)23-21(24)14-10-17-18(28-9-8-27-17)11-16(14)22-20(21)26/h4-7,10-12,23H,3,8-9H2,1-2H3,(H,22,26)/t12-,21-/m1/s1. The fourth-order valence-corrected chi connectivity index (χ4v) is 4.22. The smallest absolute Gasteiger partial charge is 0.276 e. The molecule has 0 saturated carbocycles. The van der Waals surface area contributed by atoms with Gasteiger partial charge in [0.2, 0.25) is 5.66 Å². The lowest BCUT2D eigenvalue weighted by molar-refractivity contribution is -0.126. The summed E-state index contributed by atoms with van der Waals surface area (Å²) in [5.74, 6) is 0.729. The molecule has 7 nitrogen and oxygen atoms in total. The fourth-order valence-electron chi connectivity index (χ4n) is 4.22. The minimum absolute atomic E-state index is 0.154. The van der Waals surface area contributed by atoms with Crippen LogP contribution >= 0.6 is 0 Å². The molecule has 2 aromatic rings. The van der Waals surface area contributed by atoms with E-state index in [1.165, 1.54) is 0 Å². The van der Waals surface area contributed by atoms with Crippen LogP contribution in [-0.2, 0) is 10.5 Å². The number of anilines is 2. The SMILES string of the molecule is CC[C@@H](C)N1C(=O)c2ccccc2N[C@@]12C(=O)Nc1cc3c(cc12)OCCO3. The molecule has 2 amide bonds. The molecular formula is C21H21N3O4. The van der Waals surface area contributed by atoms with Crippen LogP contribution < -0.4 is 20.1 Å². The molecule has 7 heteroatoms. The van der Waals surface area contributed by atoms with Crippen molar-refractivity contribution in [1.82, 2.24) is 4.90 Å². The highest BCUT2D eigenvalue weighted by molar-refractivity contribution is 6.14. The van der Waals surface area contributed by atoms with Crippen LogP contribution in [0.1, 0.15) is 36.2 Å². The van der Waals surface area contributed by atoms with Gasteiger partial charge in [0.05, 0.1) is 11.3 Å². The summed E-state index contributed by atoms with van der Waals surface area (Å²) in [5.41, 5.74) is 1.18. The Bertz CT molecular complexity index is 1010. The Hall–Kier alpha value is -3.22. The molecule has 2 atom stereocenters. The summed E-state index contributed by atoms with van der Waals surface area (Å²) in [5, 5.41) is 6.32. The Kier molecular flexibility index (Phi) is 3.56. The van der Waals surface area contributed by atoms with Gasteiger partial charge in [-0.25, -0.2) is 0 Å². The third-order valence-corrected chi connectivity index (χ3v) is 5.73. The van der Waals surface area contributed by atoms with E-state index in [2.05, 4.69) is 10.6 Å². The molecule has 0 radical (unpaired) electrons. The van der Waals surface area contributed by atoms with E-state index in [4.69, 9.17) is 9.47 Å². The number of benzene rings is 2. The van der Waals surface area contributed by atoms with E-state index in [0.717, 1.165) is 0 Å². The van der Waals surface area contributed by atoms with E-state index in [-0.39, 0.29) is 17.9 Å². The summed E-state index contributed by atoms with van der Waals surface area (Å²) in [6.45, 7) is 4.88. The first-order valence-electron chi connectivity index (χ1n) is 9.52. The van der Waals surface area contributed by atoms with Crippen molar-refractivity contribution in [3.8, 4) is 11.5 Å². The van der Waals surface area contributed by atoms with Crippen molar-refractivity contribution < 1.29 is 19.1 Å². The molecule has 5 rings (SSSR count). The molecule has 0 saturated heterocycles. The molecule has 2 aromatic carbocycles. The maximum atomic E-state index is 13.5. The first-order chi connectivity index (χ1) is 13.6. The van der Waals surface area contributed by atoms with Gasteiger partial charge in [-0.2, -0.15) is 0 Å². The molecule has 0 bridgehead atoms. The number of carbonyl (C=O) groups is 2. The van der Waals surface area contributed by atoms with E-state index in [9.17, 15) is 9.59 Å². The molecule has 0 unspecified atom stereocenters. The van der Waals surface area contributed by atoms with E-state index in [1.807, 2.05) is 38.1 Å². The van der Waals surface area contributed by atoms with Gasteiger partial charge in [0.15, 0.2) is 11.5 Å². The predicted octanol–water partition coefficient (Wildman–Crippen LogP) is 2.93. The second kappa shape index (κ2) is 5.89. The molecule has 2 N–H and O–H groups in total. The second-order valence-corrected chi connectivity index (χ2v) is 7.31. The number of nitrogens with one attached hydrogen (secondary N) is 2. The van der Waals surface area contributed by atoms with E-state index < -0.39 is 5.66 Å². The van der Waals surface area contributed by atoms with Crippen molar-refractivity contribution in [3.63, 3.8) is 0 Å². The largest absolute Gasteiger partial charge is 0.486 e. The van der Waals surface area contributed by atoms with E-state index in [1.54, 1.807) is 17.0 Å². The molecule has 1 spiro atoms. The lowest BCUT2D eigenvalue weighted by atomic mass is 9.90. The summed E-state index contributed by atoms with van der Waals surface area (Å²) in [7, 11) is 0. The number of carbonyl (C=O) groups excluding carboxylic acids is 2. The van der Waals surface area contributed by atoms with Crippen molar-refractivity contribution in [3.05, 3.63) is 47.5 Å². The van der Waals surface area contributed by atoms with Crippen LogP contribution in [0.5, 0.6) is 11.5 Å². The highest BCUT2D eigenvalue weighted by Crippen LogP contribution is 2.50. The lowest BCUT2D eigenvalue weighted by Crippen LogP contribution is -2.63. The van der Waals surface area contributed by atoms with Gasteiger partial charge in [0.25, 0.3) is 11.8 Å². The highest BCUT2D eigenvalue weighted by Gasteiger charge is 2.58. The van der Waals surface area contributed by atoms with Gasteiger partial charge in [-0.15, -0.1) is 0 Å².